The molecule has 1 N–H and O–H groups in total. The SMILES string of the molecule is CC(=O)N[C@@H]1CON=C1OCc1ccccc1. The van der Waals surface area contributed by atoms with Crippen LogP contribution in [0.5, 0.6) is 0 Å². The summed E-state index contributed by atoms with van der Waals surface area (Å²) in [7, 11) is 0. The van der Waals surface area contributed by atoms with E-state index in [0.29, 0.717) is 19.1 Å². The van der Waals surface area contributed by atoms with Crippen molar-refractivity contribution in [2.75, 3.05) is 6.61 Å². The first-order valence-electron chi connectivity index (χ1n) is 5.39. The van der Waals surface area contributed by atoms with Crippen LogP contribution in [0.2, 0.25) is 0 Å². The van der Waals surface area contributed by atoms with Gasteiger partial charge in [-0.15, -0.1) is 0 Å². The number of oxime groups is 1. The summed E-state index contributed by atoms with van der Waals surface area (Å²) in [6, 6.07) is 9.47. The van der Waals surface area contributed by atoms with E-state index in [1.165, 1.54) is 6.92 Å². The van der Waals surface area contributed by atoms with E-state index in [-0.39, 0.29) is 11.9 Å². The van der Waals surface area contributed by atoms with E-state index >= 15 is 0 Å². The Morgan fingerprint density at radius 2 is 2.29 bits per heavy atom. The van der Waals surface area contributed by atoms with Crippen molar-refractivity contribution < 1.29 is 14.4 Å². The zero-order valence-electron chi connectivity index (χ0n) is 9.55. The van der Waals surface area contributed by atoms with Crippen LogP contribution in [0.1, 0.15) is 12.5 Å². The number of nitrogens with one attached hydrogen (secondary N) is 1. The Morgan fingerprint density at radius 3 is 3.00 bits per heavy atom. The van der Waals surface area contributed by atoms with E-state index < -0.39 is 0 Å². The molecule has 0 aromatic heterocycles. The highest BCUT2D eigenvalue weighted by Crippen LogP contribution is 2.07. The summed E-state index contributed by atoms with van der Waals surface area (Å²) in [5.74, 6) is 0.292. The fraction of sp³-hybridized carbons (Fsp3) is 0.333. The average molecular weight is 234 g/mol. The zero-order valence-corrected chi connectivity index (χ0v) is 9.55. The zero-order chi connectivity index (χ0) is 12.1. The number of hydrogen-bond acceptors (Lipinski definition) is 4. The van der Waals surface area contributed by atoms with Gasteiger partial charge >= 0.3 is 0 Å². The lowest BCUT2D eigenvalue weighted by atomic mass is 10.2. The summed E-state index contributed by atoms with van der Waals surface area (Å²) in [4.78, 5) is 15.8. The molecule has 1 aliphatic heterocycles. The number of carbonyl (C=O) groups excluding carboxylic acids is 1. The minimum atomic E-state index is -0.281. The van der Waals surface area contributed by atoms with Gasteiger partial charge in [0.2, 0.25) is 5.91 Å². The highest BCUT2D eigenvalue weighted by Gasteiger charge is 2.25. The second-order valence-electron chi connectivity index (χ2n) is 3.75. The van der Waals surface area contributed by atoms with Crippen molar-refractivity contribution in [3.8, 4) is 0 Å². The normalized spacial score (nSPS) is 18.2. The van der Waals surface area contributed by atoms with Crippen LogP contribution in [0, 0.1) is 0 Å². The summed E-state index contributed by atoms with van der Waals surface area (Å²) in [5.41, 5.74) is 1.05. The fourth-order valence-electron chi connectivity index (χ4n) is 1.52. The summed E-state index contributed by atoms with van der Waals surface area (Å²) in [5, 5.41) is 6.47. The topological polar surface area (TPSA) is 59.9 Å². The van der Waals surface area contributed by atoms with Crippen LogP contribution in [-0.2, 0) is 21.0 Å². The quantitative estimate of drug-likeness (QED) is 0.850. The summed E-state index contributed by atoms with van der Waals surface area (Å²) < 4.78 is 5.51. The Kier molecular flexibility index (Phi) is 3.59. The van der Waals surface area contributed by atoms with Crippen molar-refractivity contribution in [3.63, 3.8) is 0 Å². The average Bonchev–Trinajstić information content (AvgIpc) is 2.74. The number of amides is 1. The van der Waals surface area contributed by atoms with Gasteiger partial charge in [0.05, 0.1) is 0 Å². The predicted molar refractivity (Wildman–Crippen MR) is 62.2 cm³/mol. The molecular formula is C12H14N2O3. The second kappa shape index (κ2) is 5.34. The minimum absolute atomic E-state index is 0.128. The van der Waals surface area contributed by atoms with Crippen molar-refractivity contribution in [3.05, 3.63) is 35.9 Å². The number of hydrogen-bond donors (Lipinski definition) is 1. The smallest absolute Gasteiger partial charge is 0.252 e. The van der Waals surface area contributed by atoms with Gasteiger partial charge in [0, 0.05) is 6.92 Å². The minimum Gasteiger partial charge on any atom is -0.472 e. The fourth-order valence-corrected chi connectivity index (χ4v) is 1.52. The number of rotatable bonds is 3. The molecule has 0 fully saturated rings. The van der Waals surface area contributed by atoms with E-state index in [0.717, 1.165) is 5.56 Å². The Morgan fingerprint density at radius 1 is 1.53 bits per heavy atom. The van der Waals surface area contributed by atoms with Crippen LogP contribution in [-0.4, -0.2) is 24.5 Å². The monoisotopic (exact) mass is 234 g/mol. The van der Waals surface area contributed by atoms with Crippen LogP contribution in [0.4, 0.5) is 0 Å². The molecule has 0 unspecified atom stereocenters. The molecule has 2 rings (SSSR count). The van der Waals surface area contributed by atoms with Crippen LogP contribution < -0.4 is 5.32 Å². The molecule has 1 amide bonds. The Bertz CT molecular complexity index is 417. The summed E-state index contributed by atoms with van der Waals surface area (Å²) in [6.45, 7) is 2.19. The Labute approximate surface area is 99.4 Å². The molecule has 0 saturated heterocycles. The van der Waals surface area contributed by atoms with Crippen LogP contribution in [0.3, 0.4) is 0 Å². The molecule has 1 atom stereocenters. The molecule has 5 nitrogen and oxygen atoms in total. The van der Waals surface area contributed by atoms with Gasteiger partial charge in [0.1, 0.15) is 19.3 Å². The van der Waals surface area contributed by atoms with Gasteiger partial charge in [0.25, 0.3) is 5.90 Å². The Hall–Kier alpha value is -2.04. The number of nitrogens with zero attached hydrogens (tertiary/aromatic N) is 1. The van der Waals surface area contributed by atoms with Gasteiger partial charge in [-0.2, -0.15) is 0 Å². The molecular weight excluding hydrogens is 220 g/mol. The van der Waals surface area contributed by atoms with Crippen molar-refractivity contribution in [1.82, 2.24) is 5.32 Å². The molecule has 0 saturated carbocycles. The maximum atomic E-state index is 10.9. The lowest BCUT2D eigenvalue weighted by Crippen LogP contribution is -2.40. The number of benzene rings is 1. The van der Waals surface area contributed by atoms with E-state index in [4.69, 9.17) is 9.57 Å². The largest absolute Gasteiger partial charge is 0.472 e. The molecule has 1 aromatic rings. The molecule has 0 bridgehead atoms. The van der Waals surface area contributed by atoms with Gasteiger partial charge in [0.15, 0.2) is 0 Å². The maximum Gasteiger partial charge on any atom is 0.252 e. The van der Waals surface area contributed by atoms with Crippen LogP contribution in [0.25, 0.3) is 0 Å². The summed E-state index contributed by atoms with van der Waals surface area (Å²) in [6.07, 6.45) is 0. The second-order valence-corrected chi connectivity index (χ2v) is 3.75. The van der Waals surface area contributed by atoms with Gasteiger partial charge in [-0.3, -0.25) is 4.79 Å². The maximum absolute atomic E-state index is 10.9. The first-order valence-corrected chi connectivity index (χ1v) is 5.39. The first-order chi connectivity index (χ1) is 8.25. The van der Waals surface area contributed by atoms with Crippen molar-refractivity contribution in [2.45, 2.75) is 19.6 Å². The van der Waals surface area contributed by atoms with Crippen molar-refractivity contribution in [1.29, 1.82) is 0 Å². The first kappa shape index (κ1) is 11.4. The Balaban J connectivity index is 1.88. The third-order valence-electron chi connectivity index (χ3n) is 2.30. The highest BCUT2D eigenvalue weighted by atomic mass is 16.7. The van der Waals surface area contributed by atoms with Gasteiger partial charge < -0.3 is 14.9 Å². The van der Waals surface area contributed by atoms with E-state index in [1.54, 1.807) is 0 Å². The lowest BCUT2D eigenvalue weighted by Gasteiger charge is -2.12. The third kappa shape index (κ3) is 3.21. The summed E-state index contributed by atoms with van der Waals surface area (Å²) >= 11 is 0. The lowest BCUT2D eigenvalue weighted by molar-refractivity contribution is -0.119. The van der Waals surface area contributed by atoms with Gasteiger partial charge in [-0.05, 0) is 10.7 Å². The number of ether oxygens (including phenoxy) is 1. The molecule has 5 heteroatoms. The van der Waals surface area contributed by atoms with Crippen molar-refractivity contribution >= 4 is 11.8 Å². The number of carbonyl (C=O) groups is 1. The molecule has 17 heavy (non-hydrogen) atoms. The van der Waals surface area contributed by atoms with E-state index in [2.05, 4.69) is 10.5 Å². The molecule has 0 spiro atoms. The molecule has 1 heterocycles. The van der Waals surface area contributed by atoms with Gasteiger partial charge in [-0.1, -0.05) is 30.3 Å². The van der Waals surface area contributed by atoms with Crippen LogP contribution >= 0.6 is 0 Å². The molecule has 0 radical (unpaired) electrons. The predicted octanol–water partition coefficient (Wildman–Crippen LogP) is 1.05. The van der Waals surface area contributed by atoms with Gasteiger partial charge in [-0.25, -0.2) is 0 Å². The molecule has 0 aliphatic carbocycles. The van der Waals surface area contributed by atoms with Crippen LogP contribution in [0.15, 0.2) is 35.5 Å². The highest BCUT2D eigenvalue weighted by molar-refractivity contribution is 5.87. The van der Waals surface area contributed by atoms with Crippen molar-refractivity contribution in [2.24, 2.45) is 5.16 Å². The van der Waals surface area contributed by atoms with E-state index in [9.17, 15) is 4.79 Å². The standard InChI is InChI=1S/C12H14N2O3/c1-9(15)13-11-8-17-14-12(11)16-7-10-5-3-2-4-6-10/h2-6,11H,7-8H2,1H3,(H,13,15)/t11-/m1/s1. The third-order valence-corrected chi connectivity index (χ3v) is 2.30. The molecule has 1 aromatic carbocycles. The molecule has 1 aliphatic rings. The molecule has 90 valence electrons. The van der Waals surface area contributed by atoms with E-state index in [1.807, 2.05) is 30.3 Å².